The van der Waals surface area contributed by atoms with Crippen LogP contribution < -0.4 is 5.32 Å². The fraction of sp³-hybridized carbons (Fsp3) is 0.333. The van der Waals surface area contributed by atoms with Gasteiger partial charge in [-0.2, -0.15) is 0 Å². The molecule has 5 heteroatoms. The zero-order valence-corrected chi connectivity index (χ0v) is 11.4. The summed E-state index contributed by atoms with van der Waals surface area (Å²) < 4.78 is 0. The van der Waals surface area contributed by atoms with Gasteiger partial charge in [-0.1, -0.05) is 19.9 Å². The molecule has 0 saturated heterocycles. The van der Waals surface area contributed by atoms with Gasteiger partial charge in [-0.25, -0.2) is 4.98 Å². The normalized spacial score (nSPS) is 10.8. The molecular weight excluding hydrogens is 252 g/mol. The number of aromatic nitrogens is 1. The van der Waals surface area contributed by atoms with E-state index in [1.54, 1.807) is 11.3 Å². The summed E-state index contributed by atoms with van der Waals surface area (Å²) in [5, 5.41) is 7.89. The topological polar surface area (TPSA) is 42.0 Å². The molecular formula is C12H14N2OS2. The molecule has 2 rings (SSSR count). The van der Waals surface area contributed by atoms with Crippen LogP contribution in [0.4, 0.5) is 0 Å². The summed E-state index contributed by atoms with van der Waals surface area (Å²) in [5.41, 5.74) is 0.934. The van der Waals surface area contributed by atoms with Crippen molar-refractivity contribution in [2.75, 3.05) is 0 Å². The van der Waals surface area contributed by atoms with Crippen molar-refractivity contribution in [2.24, 2.45) is 0 Å². The van der Waals surface area contributed by atoms with E-state index < -0.39 is 0 Å². The van der Waals surface area contributed by atoms with Crippen molar-refractivity contribution in [3.05, 3.63) is 38.5 Å². The Morgan fingerprint density at radius 1 is 1.47 bits per heavy atom. The molecule has 0 aliphatic carbocycles. The van der Waals surface area contributed by atoms with Gasteiger partial charge in [0.15, 0.2) is 0 Å². The first-order valence-electron chi connectivity index (χ1n) is 5.43. The highest BCUT2D eigenvalue weighted by molar-refractivity contribution is 7.12. The van der Waals surface area contributed by atoms with E-state index in [2.05, 4.69) is 24.1 Å². The van der Waals surface area contributed by atoms with Crippen LogP contribution in [0.3, 0.4) is 0 Å². The first-order chi connectivity index (χ1) is 8.16. The molecule has 0 fully saturated rings. The quantitative estimate of drug-likeness (QED) is 0.923. The second kappa shape index (κ2) is 5.42. The monoisotopic (exact) mass is 266 g/mol. The fourth-order valence-corrected chi connectivity index (χ4v) is 2.81. The van der Waals surface area contributed by atoms with Gasteiger partial charge in [0.1, 0.15) is 0 Å². The van der Waals surface area contributed by atoms with Crippen LogP contribution in [0.2, 0.25) is 0 Å². The Bertz CT molecular complexity index is 488. The van der Waals surface area contributed by atoms with Crippen molar-refractivity contribution < 1.29 is 4.79 Å². The third-order valence-corrected chi connectivity index (χ3v) is 4.30. The Hall–Kier alpha value is -1.20. The molecule has 0 spiro atoms. The maximum atomic E-state index is 11.7. The molecule has 0 aliphatic rings. The molecule has 2 aromatic rings. The first-order valence-corrected chi connectivity index (χ1v) is 7.18. The lowest BCUT2D eigenvalue weighted by Gasteiger charge is -2.01. The number of rotatable bonds is 4. The van der Waals surface area contributed by atoms with Gasteiger partial charge < -0.3 is 5.32 Å². The smallest absolute Gasteiger partial charge is 0.261 e. The SMILES string of the molecule is CC(C)c1nc(CNC(=O)c2cccs2)cs1. The van der Waals surface area contributed by atoms with E-state index in [1.165, 1.54) is 11.3 Å². The van der Waals surface area contributed by atoms with Gasteiger partial charge in [-0.05, 0) is 11.4 Å². The van der Waals surface area contributed by atoms with E-state index in [-0.39, 0.29) is 5.91 Å². The number of nitrogens with zero attached hydrogens (tertiary/aromatic N) is 1. The number of nitrogens with one attached hydrogen (secondary N) is 1. The van der Waals surface area contributed by atoms with Crippen LogP contribution in [0, 0.1) is 0 Å². The molecule has 1 N–H and O–H groups in total. The van der Waals surface area contributed by atoms with E-state index in [1.807, 2.05) is 22.9 Å². The average Bonchev–Trinajstić information content (AvgIpc) is 2.97. The zero-order valence-electron chi connectivity index (χ0n) is 9.77. The minimum absolute atomic E-state index is 0.0286. The van der Waals surface area contributed by atoms with Gasteiger partial charge in [0, 0.05) is 11.3 Å². The molecule has 0 saturated carbocycles. The van der Waals surface area contributed by atoms with Crippen LogP contribution in [0.5, 0.6) is 0 Å². The summed E-state index contributed by atoms with van der Waals surface area (Å²) >= 11 is 3.09. The van der Waals surface area contributed by atoms with Crippen LogP contribution in [-0.2, 0) is 6.54 Å². The standard InChI is InChI=1S/C12H14N2OS2/c1-8(2)12-14-9(7-17-12)6-13-11(15)10-4-3-5-16-10/h3-5,7-8H,6H2,1-2H3,(H,13,15). The summed E-state index contributed by atoms with van der Waals surface area (Å²) in [6.45, 7) is 4.74. The summed E-state index contributed by atoms with van der Waals surface area (Å²) in [6.07, 6.45) is 0. The predicted molar refractivity (Wildman–Crippen MR) is 71.7 cm³/mol. The largest absolute Gasteiger partial charge is 0.346 e. The van der Waals surface area contributed by atoms with Gasteiger partial charge in [0.25, 0.3) is 5.91 Å². The van der Waals surface area contributed by atoms with E-state index in [0.29, 0.717) is 12.5 Å². The molecule has 2 aromatic heterocycles. The number of hydrogen-bond donors (Lipinski definition) is 1. The molecule has 0 aliphatic heterocycles. The Morgan fingerprint density at radius 3 is 2.88 bits per heavy atom. The lowest BCUT2D eigenvalue weighted by Crippen LogP contribution is -2.21. The number of carbonyl (C=O) groups excluding carboxylic acids is 1. The highest BCUT2D eigenvalue weighted by Crippen LogP contribution is 2.19. The third kappa shape index (κ3) is 3.14. The fourth-order valence-electron chi connectivity index (χ4n) is 1.33. The lowest BCUT2D eigenvalue weighted by molar-refractivity contribution is 0.0954. The molecule has 0 aromatic carbocycles. The predicted octanol–water partition coefficient (Wildman–Crippen LogP) is 3.26. The van der Waals surface area contributed by atoms with Gasteiger partial charge in [-0.15, -0.1) is 22.7 Å². The molecule has 1 amide bonds. The van der Waals surface area contributed by atoms with Crippen LogP contribution in [0.25, 0.3) is 0 Å². The molecule has 3 nitrogen and oxygen atoms in total. The highest BCUT2D eigenvalue weighted by Gasteiger charge is 2.08. The molecule has 0 atom stereocenters. The number of thiophene rings is 1. The second-order valence-corrected chi connectivity index (χ2v) is 5.83. The minimum atomic E-state index is -0.0286. The van der Waals surface area contributed by atoms with Crippen molar-refractivity contribution in [3.8, 4) is 0 Å². The summed E-state index contributed by atoms with van der Waals surface area (Å²) in [4.78, 5) is 16.9. The molecule has 17 heavy (non-hydrogen) atoms. The average molecular weight is 266 g/mol. The van der Waals surface area contributed by atoms with Crippen molar-refractivity contribution in [1.82, 2.24) is 10.3 Å². The van der Waals surface area contributed by atoms with E-state index in [9.17, 15) is 4.79 Å². The first kappa shape index (κ1) is 12.3. The molecule has 0 unspecified atom stereocenters. The summed E-state index contributed by atoms with van der Waals surface area (Å²) in [6, 6.07) is 3.69. The molecule has 90 valence electrons. The number of amides is 1. The van der Waals surface area contributed by atoms with Crippen LogP contribution in [0.15, 0.2) is 22.9 Å². The van der Waals surface area contributed by atoms with Gasteiger partial charge >= 0.3 is 0 Å². The van der Waals surface area contributed by atoms with Crippen LogP contribution >= 0.6 is 22.7 Å². The zero-order chi connectivity index (χ0) is 12.3. The van der Waals surface area contributed by atoms with Crippen LogP contribution in [-0.4, -0.2) is 10.9 Å². The molecule has 2 heterocycles. The van der Waals surface area contributed by atoms with E-state index >= 15 is 0 Å². The van der Waals surface area contributed by atoms with Crippen LogP contribution in [0.1, 0.15) is 40.1 Å². The van der Waals surface area contributed by atoms with Crippen molar-refractivity contribution in [1.29, 1.82) is 0 Å². The Kier molecular flexibility index (Phi) is 3.91. The van der Waals surface area contributed by atoms with Gasteiger partial charge in [-0.3, -0.25) is 4.79 Å². The third-order valence-electron chi connectivity index (χ3n) is 2.24. The Labute approximate surface area is 109 Å². The second-order valence-electron chi connectivity index (χ2n) is 3.99. The van der Waals surface area contributed by atoms with Crippen molar-refractivity contribution >= 4 is 28.6 Å². The van der Waals surface area contributed by atoms with E-state index in [0.717, 1.165) is 15.6 Å². The molecule has 0 bridgehead atoms. The van der Waals surface area contributed by atoms with Crippen molar-refractivity contribution in [3.63, 3.8) is 0 Å². The van der Waals surface area contributed by atoms with Gasteiger partial charge in [0.2, 0.25) is 0 Å². The molecule has 0 radical (unpaired) electrons. The maximum Gasteiger partial charge on any atom is 0.261 e. The minimum Gasteiger partial charge on any atom is -0.346 e. The number of hydrogen-bond acceptors (Lipinski definition) is 4. The highest BCUT2D eigenvalue weighted by atomic mass is 32.1. The van der Waals surface area contributed by atoms with E-state index in [4.69, 9.17) is 0 Å². The lowest BCUT2D eigenvalue weighted by atomic mass is 10.2. The Balaban J connectivity index is 1.91. The maximum absolute atomic E-state index is 11.7. The number of carbonyl (C=O) groups is 1. The van der Waals surface area contributed by atoms with Crippen molar-refractivity contribution in [2.45, 2.75) is 26.3 Å². The summed E-state index contributed by atoms with van der Waals surface area (Å²) in [7, 11) is 0. The summed E-state index contributed by atoms with van der Waals surface area (Å²) in [5.74, 6) is 0.417. The van der Waals surface area contributed by atoms with Gasteiger partial charge in [0.05, 0.1) is 22.1 Å². The number of thiazole rings is 1. The Morgan fingerprint density at radius 2 is 2.29 bits per heavy atom.